The molecule has 2 amide bonds. The highest BCUT2D eigenvalue weighted by atomic mass is 35.5. The zero-order valence-corrected chi connectivity index (χ0v) is 21.2. The monoisotopic (exact) mass is 514 g/mol. The van der Waals surface area contributed by atoms with E-state index in [4.69, 9.17) is 23.2 Å². The molecule has 4 nitrogen and oxygen atoms in total. The number of rotatable bonds is 11. The van der Waals surface area contributed by atoms with Gasteiger partial charge in [0.2, 0.25) is 11.8 Å². The van der Waals surface area contributed by atoms with E-state index in [9.17, 15) is 14.0 Å². The van der Waals surface area contributed by atoms with Crippen molar-refractivity contribution in [2.45, 2.75) is 45.2 Å². The number of amides is 2. The Morgan fingerprint density at radius 3 is 2.26 bits per heavy atom. The van der Waals surface area contributed by atoms with Crippen LogP contribution in [0.4, 0.5) is 4.39 Å². The van der Waals surface area contributed by atoms with Crippen molar-refractivity contribution in [1.29, 1.82) is 0 Å². The molecule has 7 heteroatoms. The van der Waals surface area contributed by atoms with Gasteiger partial charge in [0.15, 0.2) is 0 Å². The normalized spacial score (nSPS) is 11.7. The van der Waals surface area contributed by atoms with Crippen molar-refractivity contribution in [2.75, 3.05) is 6.54 Å². The lowest BCUT2D eigenvalue weighted by molar-refractivity contribution is -0.140. The van der Waals surface area contributed by atoms with Crippen molar-refractivity contribution < 1.29 is 14.0 Å². The molecule has 184 valence electrons. The molecule has 3 aromatic rings. The van der Waals surface area contributed by atoms with Crippen LogP contribution in [0.3, 0.4) is 0 Å². The van der Waals surface area contributed by atoms with Gasteiger partial charge in [-0.2, -0.15) is 0 Å². The van der Waals surface area contributed by atoms with Crippen LogP contribution in [0.5, 0.6) is 0 Å². The number of hydrogen-bond acceptors (Lipinski definition) is 2. The zero-order chi connectivity index (χ0) is 25.2. The molecule has 1 N–H and O–H groups in total. The first kappa shape index (κ1) is 26.7. The number of halogens is 3. The van der Waals surface area contributed by atoms with Crippen molar-refractivity contribution in [1.82, 2.24) is 10.2 Å². The minimum absolute atomic E-state index is 0.0472. The summed E-state index contributed by atoms with van der Waals surface area (Å²) in [6.45, 7) is 2.75. The first-order chi connectivity index (χ1) is 16.9. The van der Waals surface area contributed by atoms with Crippen LogP contribution in [0.2, 0.25) is 10.0 Å². The third-order valence-electron chi connectivity index (χ3n) is 5.71. The van der Waals surface area contributed by atoms with Crippen LogP contribution in [-0.2, 0) is 29.0 Å². The Morgan fingerprint density at radius 1 is 0.914 bits per heavy atom. The molecule has 0 saturated carbocycles. The molecule has 0 saturated heterocycles. The summed E-state index contributed by atoms with van der Waals surface area (Å²) >= 11 is 12.2. The van der Waals surface area contributed by atoms with E-state index < -0.39 is 6.04 Å². The fourth-order valence-corrected chi connectivity index (χ4v) is 4.09. The van der Waals surface area contributed by atoms with E-state index in [1.165, 1.54) is 12.1 Å². The molecule has 3 rings (SSSR count). The van der Waals surface area contributed by atoms with Crippen molar-refractivity contribution >= 4 is 35.0 Å². The van der Waals surface area contributed by atoms with Gasteiger partial charge in [0.05, 0.1) is 16.5 Å². The molecule has 35 heavy (non-hydrogen) atoms. The molecule has 0 heterocycles. The van der Waals surface area contributed by atoms with E-state index in [1.807, 2.05) is 30.3 Å². The predicted octanol–water partition coefficient (Wildman–Crippen LogP) is 6.23. The molecule has 0 aromatic heterocycles. The molecule has 0 aliphatic rings. The zero-order valence-electron chi connectivity index (χ0n) is 19.6. The minimum Gasteiger partial charge on any atom is -0.354 e. The highest BCUT2D eigenvalue weighted by molar-refractivity contribution is 6.42. The lowest BCUT2D eigenvalue weighted by Crippen LogP contribution is -2.51. The first-order valence-electron chi connectivity index (χ1n) is 11.7. The fourth-order valence-electron chi connectivity index (χ4n) is 3.77. The fraction of sp³-hybridized carbons (Fsp3) is 0.286. The van der Waals surface area contributed by atoms with E-state index in [0.717, 1.165) is 24.0 Å². The lowest BCUT2D eigenvalue weighted by Gasteiger charge is -2.32. The number of benzene rings is 3. The largest absolute Gasteiger partial charge is 0.354 e. The second-order valence-corrected chi connectivity index (χ2v) is 9.24. The van der Waals surface area contributed by atoms with Gasteiger partial charge in [-0.3, -0.25) is 9.59 Å². The Labute approximate surface area is 216 Å². The average molecular weight is 515 g/mol. The van der Waals surface area contributed by atoms with Gasteiger partial charge in [0.25, 0.3) is 0 Å². The summed E-state index contributed by atoms with van der Waals surface area (Å²) in [7, 11) is 0. The summed E-state index contributed by atoms with van der Waals surface area (Å²) < 4.78 is 13.5. The van der Waals surface area contributed by atoms with E-state index in [2.05, 4.69) is 12.2 Å². The van der Waals surface area contributed by atoms with Crippen molar-refractivity contribution in [3.8, 4) is 0 Å². The van der Waals surface area contributed by atoms with E-state index >= 15 is 0 Å². The SMILES string of the molecule is CCCCNC(=O)[C@H](Cc1ccccc1)N(Cc1ccc(F)cc1)C(=O)Cc1ccc(Cl)c(Cl)c1. The van der Waals surface area contributed by atoms with Crippen LogP contribution in [-0.4, -0.2) is 29.3 Å². The van der Waals surface area contributed by atoms with Gasteiger partial charge in [0, 0.05) is 19.5 Å². The molecule has 0 radical (unpaired) electrons. The second kappa shape index (κ2) is 13.3. The number of carbonyl (C=O) groups excluding carboxylic acids is 2. The third-order valence-corrected chi connectivity index (χ3v) is 6.45. The second-order valence-electron chi connectivity index (χ2n) is 8.42. The maximum absolute atomic E-state index is 13.6. The summed E-state index contributed by atoms with van der Waals surface area (Å²) in [5.74, 6) is -0.813. The van der Waals surface area contributed by atoms with Crippen LogP contribution in [0.1, 0.15) is 36.5 Å². The molecule has 1 atom stereocenters. The van der Waals surface area contributed by atoms with Gasteiger partial charge in [-0.05, 0) is 47.4 Å². The molecule has 0 aliphatic heterocycles. The Balaban J connectivity index is 1.94. The number of hydrogen-bond donors (Lipinski definition) is 1. The maximum Gasteiger partial charge on any atom is 0.243 e. The Kier molecular flexibility index (Phi) is 10.1. The van der Waals surface area contributed by atoms with Crippen LogP contribution in [0, 0.1) is 5.82 Å². The summed E-state index contributed by atoms with van der Waals surface area (Å²) in [6.07, 6.45) is 2.19. The summed E-state index contributed by atoms with van der Waals surface area (Å²) in [5, 5.41) is 3.75. The highest BCUT2D eigenvalue weighted by Gasteiger charge is 2.30. The van der Waals surface area contributed by atoms with E-state index in [-0.39, 0.29) is 30.6 Å². The number of nitrogens with zero attached hydrogens (tertiary/aromatic N) is 1. The van der Waals surface area contributed by atoms with Gasteiger partial charge in [0.1, 0.15) is 11.9 Å². The van der Waals surface area contributed by atoms with Crippen molar-refractivity contribution in [3.63, 3.8) is 0 Å². The molecular formula is C28H29Cl2FN2O2. The molecular weight excluding hydrogens is 486 g/mol. The van der Waals surface area contributed by atoms with Crippen LogP contribution < -0.4 is 5.32 Å². The van der Waals surface area contributed by atoms with Crippen LogP contribution >= 0.6 is 23.2 Å². The Morgan fingerprint density at radius 2 is 1.60 bits per heavy atom. The standard InChI is InChI=1S/C28H29Cl2FN2O2/c1-2-3-15-32-28(35)26(17-20-7-5-4-6-8-20)33(19-21-9-12-23(31)13-10-21)27(34)18-22-11-14-24(29)25(30)16-22/h4-14,16,26H,2-3,15,17-19H2,1H3,(H,32,35)/t26-/m0/s1. The molecule has 0 fully saturated rings. The summed E-state index contributed by atoms with van der Waals surface area (Å²) in [5.41, 5.74) is 2.36. The smallest absolute Gasteiger partial charge is 0.243 e. The van der Waals surface area contributed by atoms with Gasteiger partial charge >= 0.3 is 0 Å². The van der Waals surface area contributed by atoms with Gasteiger partial charge in [-0.15, -0.1) is 0 Å². The number of carbonyl (C=O) groups is 2. The topological polar surface area (TPSA) is 49.4 Å². The third kappa shape index (κ3) is 8.08. The highest BCUT2D eigenvalue weighted by Crippen LogP contribution is 2.24. The van der Waals surface area contributed by atoms with Crippen molar-refractivity contribution in [3.05, 3.63) is 105 Å². The predicted molar refractivity (Wildman–Crippen MR) is 139 cm³/mol. The van der Waals surface area contributed by atoms with Gasteiger partial charge < -0.3 is 10.2 Å². The Bertz CT molecular complexity index is 1120. The van der Waals surface area contributed by atoms with Crippen LogP contribution in [0.25, 0.3) is 0 Å². The first-order valence-corrected chi connectivity index (χ1v) is 12.4. The summed E-state index contributed by atoms with van der Waals surface area (Å²) in [6, 6.07) is 19.9. The molecule has 0 aliphatic carbocycles. The van der Waals surface area contributed by atoms with Gasteiger partial charge in [-0.25, -0.2) is 4.39 Å². The molecule has 0 spiro atoms. The van der Waals surface area contributed by atoms with E-state index in [1.54, 1.807) is 35.2 Å². The minimum atomic E-state index is -0.741. The molecule has 0 bridgehead atoms. The molecule has 0 unspecified atom stereocenters. The average Bonchev–Trinajstić information content (AvgIpc) is 2.85. The lowest BCUT2D eigenvalue weighted by atomic mass is 10.0. The van der Waals surface area contributed by atoms with Crippen molar-refractivity contribution in [2.24, 2.45) is 0 Å². The quantitative estimate of drug-likeness (QED) is 0.308. The summed E-state index contributed by atoms with van der Waals surface area (Å²) in [4.78, 5) is 28.6. The maximum atomic E-state index is 13.6. The van der Waals surface area contributed by atoms with Crippen LogP contribution in [0.15, 0.2) is 72.8 Å². The molecule has 3 aromatic carbocycles. The van der Waals surface area contributed by atoms with E-state index in [0.29, 0.717) is 28.6 Å². The Hall–Kier alpha value is -2.89. The number of unbranched alkanes of at least 4 members (excludes halogenated alkanes) is 1. The number of nitrogens with one attached hydrogen (secondary N) is 1. The van der Waals surface area contributed by atoms with Gasteiger partial charge in [-0.1, -0.05) is 85.1 Å².